The highest BCUT2D eigenvalue weighted by Crippen LogP contribution is 2.16. The Bertz CT molecular complexity index is 474. The molecular formula is C15H21NO4. The quantitative estimate of drug-likeness (QED) is 0.897. The van der Waals surface area contributed by atoms with Crippen molar-refractivity contribution in [2.75, 3.05) is 18.1 Å². The van der Waals surface area contributed by atoms with Crippen LogP contribution in [0.4, 0.5) is 5.69 Å². The SMILES string of the molecule is Cc1ccc(N(CC(=O)O)C(=O)COC(C)(C)C)cc1. The summed E-state index contributed by atoms with van der Waals surface area (Å²) in [5.41, 5.74) is 1.15. The molecule has 0 fully saturated rings. The van der Waals surface area contributed by atoms with Crippen molar-refractivity contribution in [2.24, 2.45) is 0 Å². The summed E-state index contributed by atoms with van der Waals surface area (Å²) in [7, 11) is 0. The molecule has 0 spiro atoms. The number of carboxylic acid groups (broad SMARTS) is 1. The van der Waals surface area contributed by atoms with Crippen LogP contribution >= 0.6 is 0 Å². The van der Waals surface area contributed by atoms with E-state index in [9.17, 15) is 9.59 Å². The molecule has 20 heavy (non-hydrogen) atoms. The first kappa shape index (κ1) is 16.2. The monoisotopic (exact) mass is 279 g/mol. The lowest BCUT2D eigenvalue weighted by Gasteiger charge is -2.24. The van der Waals surface area contributed by atoms with Crippen LogP contribution < -0.4 is 4.90 Å². The van der Waals surface area contributed by atoms with E-state index in [1.807, 2.05) is 39.8 Å². The number of hydrogen-bond acceptors (Lipinski definition) is 3. The highest BCUT2D eigenvalue weighted by molar-refractivity contribution is 5.98. The molecule has 0 aromatic heterocycles. The van der Waals surface area contributed by atoms with Gasteiger partial charge in [-0.15, -0.1) is 0 Å². The summed E-state index contributed by atoms with van der Waals surface area (Å²) in [5, 5.41) is 8.94. The van der Waals surface area contributed by atoms with Gasteiger partial charge >= 0.3 is 5.97 Å². The van der Waals surface area contributed by atoms with Gasteiger partial charge in [-0.05, 0) is 39.8 Å². The zero-order valence-electron chi connectivity index (χ0n) is 12.3. The van der Waals surface area contributed by atoms with Gasteiger partial charge in [0.15, 0.2) is 0 Å². The van der Waals surface area contributed by atoms with Crippen molar-refractivity contribution in [3.8, 4) is 0 Å². The van der Waals surface area contributed by atoms with Crippen LogP contribution in [0.25, 0.3) is 0 Å². The number of benzene rings is 1. The van der Waals surface area contributed by atoms with Crippen LogP contribution in [0.15, 0.2) is 24.3 Å². The summed E-state index contributed by atoms with van der Waals surface area (Å²) < 4.78 is 5.41. The molecule has 0 radical (unpaired) electrons. The molecular weight excluding hydrogens is 258 g/mol. The third kappa shape index (κ3) is 5.40. The first-order valence-electron chi connectivity index (χ1n) is 6.42. The van der Waals surface area contributed by atoms with E-state index in [4.69, 9.17) is 9.84 Å². The fourth-order valence-corrected chi connectivity index (χ4v) is 1.54. The molecule has 1 N–H and O–H groups in total. The first-order valence-corrected chi connectivity index (χ1v) is 6.42. The fraction of sp³-hybridized carbons (Fsp3) is 0.467. The Labute approximate surface area is 119 Å². The number of carbonyl (C=O) groups is 2. The summed E-state index contributed by atoms with van der Waals surface area (Å²) in [4.78, 5) is 24.3. The number of ether oxygens (including phenoxy) is 1. The Hall–Kier alpha value is -1.88. The maximum absolute atomic E-state index is 12.1. The van der Waals surface area contributed by atoms with E-state index in [0.29, 0.717) is 5.69 Å². The zero-order chi connectivity index (χ0) is 15.3. The van der Waals surface area contributed by atoms with Crippen LogP contribution in [0, 0.1) is 6.92 Å². The first-order chi connectivity index (χ1) is 9.19. The molecule has 0 saturated heterocycles. The molecule has 0 aliphatic carbocycles. The topological polar surface area (TPSA) is 66.8 Å². The Morgan fingerprint density at radius 3 is 2.20 bits per heavy atom. The highest BCUT2D eigenvalue weighted by Gasteiger charge is 2.21. The van der Waals surface area contributed by atoms with Gasteiger partial charge in [-0.3, -0.25) is 14.5 Å². The number of amides is 1. The third-order valence-corrected chi connectivity index (χ3v) is 2.57. The standard InChI is InChI=1S/C15H21NO4/c1-11-5-7-12(8-6-11)16(9-14(18)19)13(17)10-20-15(2,3)4/h5-8H,9-10H2,1-4H3,(H,18,19). The van der Waals surface area contributed by atoms with Crippen molar-refractivity contribution in [1.82, 2.24) is 0 Å². The van der Waals surface area contributed by atoms with Gasteiger partial charge in [0.05, 0.1) is 5.60 Å². The van der Waals surface area contributed by atoms with Crippen molar-refractivity contribution in [2.45, 2.75) is 33.3 Å². The van der Waals surface area contributed by atoms with Crippen LogP contribution in [-0.4, -0.2) is 35.7 Å². The normalized spacial score (nSPS) is 11.2. The summed E-state index contributed by atoms with van der Waals surface area (Å²) in [5.74, 6) is -1.43. The van der Waals surface area contributed by atoms with E-state index >= 15 is 0 Å². The van der Waals surface area contributed by atoms with Crippen molar-refractivity contribution in [3.05, 3.63) is 29.8 Å². The molecule has 5 nitrogen and oxygen atoms in total. The van der Waals surface area contributed by atoms with E-state index in [1.165, 1.54) is 4.90 Å². The molecule has 5 heteroatoms. The second-order valence-electron chi connectivity index (χ2n) is 5.61. The Balaban J connectivity index is 2.86. The number of anilines is 1. The number of rotatable bonds is 5. The predicted molar refractivity (Wildman–Crippen MR) is 76.9 cm³/mol. The summed E-state index contributed by atoms with van der Waals surface area (Å²) in [6.07, 6.45) is 0. The second kappa shape index (κ2) is 6.52. The van der Waals surface area contributed by atoms with Gasteiger partial charge in [-0.2, -0.15) is 0 Å². The minimum Gasteiger partial charge on any atom is -0.480 e. The number of aliphatic carboxylic acids is 1. The highest BCUT2D eigenvalue weighted by atomic mass is 16.5. The Morgan fingerprint density at radius 2 is 1.75 bits per heavy atom. The van der Waals surface area contributed by atoms with Crippen LogP contribution in [0.1, 0.15) is 26.3 Å². The van der Waals surface area contributed by atoms with E-state index in [2.05, 4.69) is 0 Å². The molecule has 0 bridgehead atoms. The largest absolute Gasteiger partial charge is 0.480 e. The average molecular weight is 279 g/mol. The summed E-state index contributed by atoms with van der Waals surface area (Å²) in [6.45, 7) is 6.92. The molecule has 110 valence electrons. The fourth-order valence-electron chi connectivity index (χ4n) is 1.54. The molecule has 0 aliphatic heterocycles. The smallest absolute Gasteiger partial charge is 0.323 e. The molecule has 0 unspecified atom stereocenters. The van der Waals surface area contributed by atoms with Gasteiger partial charge < -0.3 is 9.84 Å². The van der Waals surface area contributed by atoms with Gasteiger partial charge in [-0.25, -0.2) is 0 Å². The number of aryl methyl sites for hydroxylation is 1. The van der Waals surface area contributed by atoms with Crippen molar-refractivity contribution in [3.63, 3.8) is 0 Å². The maximum atomic E-state index is 12.1. The van der Waals surface area contributed by atoms with Crippen molar-refractivity contribution in [1.29, 1.82) is 0 Å². The number of carboxylic acids is 1. The van der Waals surface area contributed by atoms with Crippen LogP contribution in [0.2, 0.25) is 0 Å². The molecule has 1 aromatic rings. The molecule has 0 heterocycles. The molecule has 0 saturated carbocycles. The van der Waals surface area contributed by atoms with E-state index in [-0.39, 0.29) is 19.1 Å². The molecule has 0 atom stereocenters. The van der Waals surface area contributed by atoms with E-state index in [0.717, 1.165) is 5.56 Å². The van der Waals surface area contributed by atoms with E-state index < -0.39 is 11.6 Å². The van der Waals surface area contributed by atoms with Crippen LogP contribution in [0.5, 0.6) is 0 Å². The Morgan fingerprint density at radius 1 is 1.20 bits per heavy atom. The summed E-state index contributed by atoms with van der Waals surface area (Å²) >= 11 is 0. The van der Waals surface area contributed by atoms with Gasteiger partial charge in [0, 0.05) is 5.69 Å². The average Bonchev–Trinajstić information content (AvgIpc) is 2.33. The number of hydrogen-bond donors (Lipinski definition) is 1. The van der Waals surface area contributed by atoms with Crippen molar-refractivity contribution >= 4 is 17.6 Å². The Kier molecular flexibility index (Phi) is 5.27. The number of carbonyl (C=O) groups excluding carboxylic acids is 1. The molecule has 1 rings (SSSR count). The molecule has 1 amide bonds. The second-order valence-corrected chi connectivity index (χ2v) is 5.61. The maximum Gasteiger partial charge on any atom is 0.323 e. The lowest BCUT2D eigenvalue weighted by atomic mass is 10.2. The minimum absolute atomic E-state index is 0.148. The van der Waals surface area contributed by atoms with Gasteiger partial charge in [0.1, 0.15) is 13.2 Å². The zero-order valence-corrected chi connectivity index (χ0v) is 12.3. The summed E-state index contributed by atoms with van der Waals surface area (Å²) in [6, 6.07) is 7.13. The van der Waals surface area contributed by atoms with Gasteiger partial charge in [0.25, 0.3) is 5.91 Å². The number of nitrogens with zero attached hydrogens (tertiary/aromatic N) is 1. The van der Waals surface area contributed by atoms with Gasteiger partial charge in [-0.1, -0.05) is 17.7 Å². The third-order valence-electron chi connectivity index (χ3n) is 2.57. The predicted octanol–water partition coefficient (Wildman–Crippen LogP) is 2.23. The lowest BCUT2D eigenvalue weighted by Crippen LogP contribution is -2.39. The van der Waals surface area contributed by atoms with Crippen molar-refractivity contribution < 1.29 is 19.4 Å². The van der Waals surface area contributed by atoms with Crippen LogP contribution in [-0.2, 0) is 14.3 Å². The van der Waals surface area contributed by atoms with Gasteiger partial charge in [0.2, 0.25) is 0 Å². The van der Waals surface area contributed by atoms with E-state index in [1.54, 1.807) is 12.1 Å². The minimum atomic E-state index is -1.06. The lowest BCUT2D eigenvalue weighted by molar-refractivity contribution is -0.137. The van der Waals surface area contributed by atoms with Crippen LogP contribution in [0.3, 0.4) is 0 Å². The molecule has 0 aliphatic rings. The molecule has 1 aromatic carbocycles.